The van der Waals surface area contributed by atoms with Crippen LogP contribution in [0.5, 0.6) is 0 Å². The molecule has 122 valence electrons. The Bertz CT molecular complexity index is 380. The standard InChI is InChI=1S/C17H31NO3/c1-7-17(8-2)10-11-18(12-17)14(19)13(16(4,5)6)15(20)21-9-3/h13H,7-12H2,1-6H3. The number of hydrogen-bond acceptors (Lipinski definition) is 3. The Morgan fingerprint density at radius 3 is 2.14 bits per heavy atom. The Labute approximate surface area is 129 Å². The molecule has 1 saturated heterocycles. The van der Waals surface area contributed by atoms with Gasteiger partial charge in [0.1, 0.15) is 5.92 Å². The van der Waals surface area contributed by atoms with Gasteiger partial charge in [-0.3, -0.25) is 9.59 Å². The second-order valence-corrected chi connectivity index (χ2v) is 7.27. The number of likely N-dealkylation sites (tertiary alicyclic amines) is 1. The van der Waals surface area contributed by atoms with E-state index in [1.54, 1.807) is 6.92 Å². The largest absolute Gasteiger partial charge is 0.465 e. The Morgan fingerprint density at radius 2 is 1.76 bits per heavy atom. The van der Waals surface area contributed by atoms with E-state index in [1.165, 1.54) is 0 Å². The second kappa shape index (κ2) is 6.80. The third-order valence-corrected chi connectivity index (χ3v) is 4.89. The van der Waals surface area contributed by atoms with Crippen molar-refractivity contribution in [1.82, 2.24) is 4.90 Å². The Morgan fingerprint density at radius 1 is 1.19 bits per heavy atom. The Hall–Kier alpha value is -1.06. The van der Waals surface area contributed by atoms with Crippen molar-refractivity contribution in [3.8, 4) is 0 Å². The van der Waals surface area contributed by atoms with Gasteiger partial charge >= 0.3 is 5.97 Å². The van der Waals surface area contributed by atoms with Crippen molar-refractivity contribution >= 4 is 11.9 Å². The van der Waals surface area contributed by atoms with Crippen LogP contribution in [0.25, 0.3) is 0 Å². The first kappa shape index (κ1) is 18.0. The van der Waals surface area contributed by atoms with Crippen LogP contribution in [0.15, 0.2) is 0 Å². The summed E-state index contributed by atoms with van der Waals surface area (Å²) in [6.07, 6.45) is 3.19. The van der Waals surface area contributed by atoms with Gasteiger partial charge in [-0.1, -0.05) is 34.6 Å². The van der Waals surface area contributed by atoms with Crippen LogP contribution >= 0.6 is 0 Å². The number of rotatable bonds is 5. The molecule has 1 aliphatic rings. The molecule has 1 amide bonds. The topological polar surface area (TPSA) is 46.6 Å². The lowest BCUT2D eigenvalue weighted by molar-refractivity contribution is -0.160. The molecule has 0 spiro atoms. The fourth-order valence-electron chi connectivity index (χ4n) is 3.18. The minimum atomic E-state index is -0.707. The highest BCUT2D eigenvalue weighted by molar-refractivity contribution is 5.98. The molecular weight excluding hydrogens is 266 g/mol. The van der Waals surface area contributed by atoms with Gasteiger partial charge in [-0.05, 0) is 37.0 Å². The lowest BCUT2D eigenvalue weighted by atomic mass is 9.79. The van der Waals surface area contributed by atoms with Crippen molar-refractivity contribution < 1.29 is 14.3 Å². The van der Waals surface area contributed by atoms with E-state index < -0.39 is 11.3 Å². The summed E-state index contributed by atoms with van der Waals surface area (Å²) < 4.78 is 5.13. The summed E-state index contributed by atoms with van der Waals surface area (Å²) in [6, 6.07) is 0. The van der Waals surface area contributed by atoms with Gasteiger partial charge in [0.25, 0.3) is 0 Å². The molecule has 21 heavy (non-hydrogen) atoms. The maximum atomic E-state index is 12.9. The summed E-state index contributed by atoms with van der Waals surface area (Å²) in [5.41, 5.74) is -0.195. The van der Waals surface area contributed by atoms with Crippen molar-refractivity contribution in [2.24, 2.45) is 16.7 Å². The molecule has 4 heteroatoms. The van der Waals surface area contributed by atoms with E-state index >= 15 is 0 Å². The van der Waals surface area contributed by atoms with E-state index in [-0.39, 0.29) is 17.3 Å². The average molecular weight is 297 g/mol. The molecule has 0 radical (unpaired) electrons. The van der Waals surface area contributed by atoms with Crippen LogP contribution in [-0.4, -0.2) is 36.5 Å². The lowest BCUT2D eigenvalue weighted by Crippen LogP contribution is -2.45. The van der Waals surface area contributed by atoms with Gasteiger partial charge < -0.3 is 9.64 Å². The zero-order valence-corrected chi connectivity index (χ0v) is 14.5. The number of amides is 1. The van der Waals surface area contributed by atoms with Crippen LogP contribution in [0, 0.1) is 16.7 Å². The van der Waals surface area contributed by atoms with Crippen molar-refractivity contribution in [3.05, 3.63) is 0 Å². The van der Waals surface area contributed by atoms with E-state index in [0.29, 0.717) is 6.61 Å². The molecule has 0 aromatic rings. The highest BCUT2D eigenvalue weighted by Crippen LogP contribution is 2.39. The van der Waals surface area contributed by atoms with Crippen LogP contribution in [0.2, 0.25) is 0 Å². The van der Waals surface area contributed by atoms with E-state index in [1.807, 2.05) is 25.7 Å². The fourth-order valence-corrected chi connectivity index (χ4v) is 3.18. The molecular formula is C17H31NO3. The predicted molar refractivity (Wildman–Crippen MR) is 83.8 cm³/mol. The fraction of sp³-hybridized carbons (Fsp3) is 0.882. The van der Waals surface area contributed by atoms with Crippen LogP contribution < -0.4 is 0 Å². The van der Waals surface area contributed by atoms with Gasteiger partial charge in [-0.25, -0.2) is 0 Å². The third kappa shape index (κ3) is 3.98. The summed E-state index contributed by atoms with van der Waals surface area (Å²) >= 11 is 0. The summed E-state index contributed by atoms with van der Waals surface area (Å²) in [5, 5.41) is 0. The first-order valence-corrected chi connectivity index (χ1v) is 8.16. The van der Waals surface area contributed by atoms with Crippen LogP contribution in [-0.2, 0) is 14.3 Å². The molecule has 1 atom stereocenters. The van der Waals surface area contributed by atoms with E-state index in [2.05, 4.69) is 13.8 Å². The molecule has 0 aromatic carbocycles. The van der Waals surface area contributed by atoms with Gasteiger partial charge in [-0.2, -0.15) is 0 Å². The molecule has 1 heterocycles. The smallest absolute Gasteiger partial charge is 0.319 e. The van der Waals surface area contributed by atoms with Gasteiger partial charge in [0.05, 0.1) is 6.61 Å². The molecule has 4 nitrogen and oxygen atoms in total. The van der Waals surface area contributed by atoms with Gasteiger partial charge in [0, 0.05) is 13.1 Å². The van der Waals surface area contributed by atoms with Crippen LogP contribution in [0.3, 0.4) is 0 Å². The zero-order chi connectivity index (χ0) is 16.3. The number of esters is 1. The molecule has 0 bridgehead atoms. The zero-order valence-electron chi connectivity index (χ0n) is 14.5. The molecule has 1 aliphatic heterocycles. The third-order valence-electron chi connectivity index (χ3n) is 4.89. The second-order valence-electron chi connectivity index (χ2n) is 7.27. The summed E-state index contributed by atoms with van der Waals surface area (Å²) in [7, 11) is 0. The summed E-state index contributed by atoms with van der Waals surface area (Å²) in [4.78, 5) is 26.9. The van der Waals surface area contributed by atoms with Crippen molar-refractivity contribution in [2.75, 3.05) is 19.7 Å². The minimum absolute atomic E-state index is 0.0651. The first-order valence-electron chi connectivity index (χ1n) is 8.16. The summed E-state index contributed by atoms with van der Waals surface area (Å²) in [5.74, 6) is -1.16. The molecule has 0 aliphatic carbocycles. The quantitative estimate of drug-likeness (QED) is 0.578. The van der Waals surface area contributed by atoms with Crippen LogP contribution in [0.1, 0.15) is 60.8 Å². The van der Waals surface area contributed by atoms with Gasteiger partial charge in [0.2, 0.25) is 5.91 Å². The average Bonchev–Trinajstić information content (AvgIpc) is 2.82. The first-order chi connectivity index (χ1) is 9.70. The van der Waals surface area contributed by atoms with Crippen molar-refractivity contribution in [1.29, 1.82) is 0 Å². The predicted octanol–water partition coefficient (Wildman–Crippen LogP) is 3.25. The number of ether oxygens (including phenoxy) is 1. The number of hydrogen-bond donors (Lipinski definition) is 0. The Balaban J connectivity index is 2.90. The number of nitrogens with zero attached hydrogens (tertiary/aromatic N) is 1. The molecule has 1 unspecified atom stereocenters. The van der Waals surface area contributed by atoms with E-state index in [9.17, 15) is 9.59 Å². The summed E-state index contributed by atoms with van der Waals surface area (Å²) in [6.45, 7) is 13.8. The van der Waals surface area contributed by atoms with Gasteiger partial charge in [-0.15, -0.1) is 0 Å². The minimum Gasteiger partial charge on any atom is -0.465 e. The molecule has 0 N–H and O–H groups in total. The molecule has 1 rings (SSSR count). The van der Waals surface area contributed by atoms with Gasteiger partial charge in [0.15, 0.2) is 0 Å². The molecule has 0 saturated carbocycles. The normalized spacial score (nSPS) is 19.4. The lowest BCUT2D eigenvalue weighted by Gasteiger charge is -2.32. The number of carbonyl (C=O) groups excluding carboxylic acids is 2. The highest BCUT2D eigenvalue weighted by Gasteiger charge is 2.45. The van der Waals surface area contributed by atoms with Crippen molar-refractivity contribution in [3.63, 3.8) is 0 Å². The van der Waals surface area contributed by atoms with E-state index in [4.69, 9.17) is 4.74 Å². The SMILES string of the molecule is CCOC(=O)C(C(=O)N1CCC(CC)(CC)C1)C(C)(C)C. The molecule has 0 aromatic heterocycles. The maximum absolute atomic E-state index is 12.9. The van der Waals surface area contributed by atoms with Crippen LogP contribution in [0.4, 0.5) is 0 Å². The highest BCUT2D eigenvalue weighted by atomic mass is 16.5. The Kier molecular flexibility index (Phi) is 5.83. The maximum Gasteiger partial charge on any atom is 0.319 e. The monoisotopic (exact) mass is 297 g/mol. The van der Waals surface area contributed by atoms with Crippen molar-refractivity contribution in [2.45, 2.75) is 60.8 Å². The molecule has 1 fully saturated rings. The van der Waals surface area contributed by atoms with E-state index in [0.717, 1.165) is 32.4 Å². The number of carbonyl (C=O) groups is 2.